The van der Waals surface area contributed by atoms with E-state index in [1.54, 1.807) is 22.8 Å². The molecule has 0 unspecified atom stereocenters. The van der Waals surface area contributed by atoms with Crippen LogP contribution in [0.25, 0.3) is 5.65 Å². The molecule has 0 saturated carbocycles. The van der Waals surface area contributed by atoms with E-state index in [1.807, 2.05) is 12.1 Å². The van der Waals surface area contributed by atoms with E-state index in [4.69, 9.17) is 4.74 Å². The lowest BCUT2D eigenvalue weighted by Gasteiger charge is -2.21. The number of fused-ring (bicyclic) bond motifs is 1. The number of anilines is 2. The number of benzene rings is 1. The molecule has 9 heteroatoms. The summed E-state index contributed by atoms with van der Waals surface area (Å²) in [6.45, 7) is 6.61. The van der Waals surface area contributed by atoms with Crippen molar-refractivity contribution in [2.45, 2.75) is 20.5 Å². The summed E-state index contributed by atoms with van der Waals surface area (Å²) in [7, 11) is 1.30. The monoisotopic (exact) mass is 405 g/mol. The first-order valence-electron chi connectivity index (χ1n) is 8.81. The molecule has 0 radical (unpaired) electrons. The second-order valence-corrected chi connectivity index (χ2v) is 5.85. The number of ether oxygens (including phenoxy) is 2. The molecular formula is C19H24ClN5O3. The highest BCUT2D eigenvalue weighted by molar-refractivity contribution is 5.85. The smallest absolute Gasteiger partial charge is 0.412 e. The van der Waals surface area contributed by atoms with E-state index < -0.39 is 6.09 Å². The topological polar surface area (TPSA) is 81.0 Å². The fourth-order valence-corrected chi connectivity index (χ4v) is 2.75. The number of methoxy groups -OCH3 is 1. The van der Waals surface area contributed by atoms with Crippen LogP contribution in [-0.4, -0.2) is 40.9 Å². The molecule has 150 valence electrons. The van der Waals surface area contributed by atoms with E-state index >= 15 is 0 Å². The molecule has 2 heterocycles. The number of amides is 1. The highest BCUT2D eigenvalue weighted by Crippen LogP contribution is 2.18. The zero-order chi connectivity index (χ0) is 19.2. The molecule has 1 aromatic carbocycles. The third-order valence-corrected chi connectivity index (χ3v) is 4.14. The van der Waals surface area contributed by atoms with Gasteiger partial charge in [0.15, 0.2) is 11.5 Å². The van der Waals surface area contributed by atoms with Gasteiger partial charge in [0.05, 0.1) is 13.3 Å². The van der Waals surface area contributed by atoms with E-state index in [0.29, 0.717) is 24.0 Å². The van der Waals surface area contributed by atoms with Gasteiger partial charge in [-0.3, -0.25) is 5.32 Å². The summed E-state index contributed by atoms with van der Waals surface area (Å²) in [4.78, 5) is 17.8. The Bertz CT molecular complexity index is 927. The lowest BCUT2D eigenvalue weighted by molar-refractivity contribution is 0.187. The van der Waals surface area contributed by atoms with Crippen molar-refractivity contribution < 1.29 is 14.3 Å². The zero-order valence-electron chi connectivity index (χ0n) is 16.1. The maximum Gasteiger partial charge on any atom is 0.412 e. The Hall–Kier alpha value is -3.00. The number of hydrogen-bond donors (Lipinski definition) is 1. The molecular weight excluding hydrogens is 382 g/mol. The largest absolute Gasteiger partial charge is 0.472 e. The van der Waals surface area contributed by atoms with Gasteiger partial charge in [0, 0.05) is 24.8 Å². The molecule has 3 aromatic rings. The van der Waals surface area contributed by atoms with Gasteiger partial charge in [-0.1, -0.05) is 12.1 Å². The Kier molecular flexibility index (Phi) is 7.45. The van der Waals surface area contributed by atoms with Crippen LogP contribution in [0.15, 0.2) is 42.6 Å². The van der Waals surface area contributed by atoms with E-state index in [1.165, 1.54) is 12.8 Å². The fourth-order valence-electron chi connectivity index (χ4n) is 2.75. The molecule has 28 heavy (non-hydrogen) atoms. The molecule has 0 aliphatic heterocycles. The van der Waals surface area contributed by atoms with Gasteiger partial charge in [-0.25, -0.2) is 14.3 Å². The van der Waals surface area contributed by atoms with Crippen LogP contribution in [0.5, 0.6) is 5.88 Å². The van der Waals surface area contributed by atoms with E-state index in [9.17, 15) is 4.79 Å². The van der Waals surface area contributed by atoms with Crippen LogP contribution < -0.4 is 15.0 Å². The van der Waals surface area contributed by atoms with Gasteiger partial charge >= 0.3 is 6.09 Å². The van der Waals surface area contributed by atoms with Crippen LogP contribution in [-0.2, 0) is 11.3 Å². The molecule has 0 fully saturated rings. The summed E-state index contributed by atoms with van der Waals surface area (Å²) in [5, 5.41) is 6.87. The van der Waals surface area contributed by atoms with E-state index in [0.717, 1.165) is 18.7 Å². The van der Waals surface area contributed by atoms with Gasteiger partial charge in [-0.2, -0.15) is 0 Å². The predicted molar refractivity (Wildman–Crippen MR) is 111 cm³/mol. The van der Waals surface area contributed by atoms with E-state index in [2.05, 4.69) is 51.0 Å². The standard InChI is InChI=1S/C19H23N5O3.ClH/c1-4-23(5-2)15-8-6-7-14(11-15)13-27-18-10-9-17-20-16(12-24(17)22-18)21-19(25)26-3;/h6-12H,4-5,13H2,1-3H3,(H,21,25);1H. The Balaban J connectivity index is 0.00000280. The molecule has 0 aliphatic rings. The summed E-state index contributed by atoms with van der Waals surface area (Å²) >= 11 is 0. The van der Waals surface area contributed by atoms with Crippen molar-refractivity contribution in [2.24, 2.45) is 0 Å². The second-order valence-electron chi connectivity index (χ2n) is 5.85. The van der Waals surface area contributed by atoms with Crippen molar-refractivity contribution in [1.82, 2.24) is 14.6 Å². The van der Waals surface area contributed by atoms with Crippen molar-refractivity contribution in [3.05, 3.63) is 48.2 Å². The molecule has 3 rings (SSSR count). The van der Waals surface area contributed by atoms with Gasteiger partial charge < -0.3 is 14.4 Å². The first-order chi connectivity index (χ1) is 13.1. The average molecular weight is 406 g/mol. The van der Waals surface area contributed by atoms with Gasteiger partial charge in [0.1, 0.15) is 6.61 Å². The normalized spacial score (nSPS) is 10.2. The van der Waals surface area contributed by atoms with Gasteiger partial charge in [0.2, 0.25) is 5.88 Å². The molecule has 0 atom stereocenters. The molecule has 2 aromatic heterocycles. The predicted octanol–water partition coefficient (Wildman–Crippen LogP) is 3.75. The number of carbonyl (C=O) groups excluding carboxylic acids is 1. The lowest BCUT2D eigenvalue weighted by Crippen LogP contribution is -2.21. The average Bonchev–Trinajstić information content (AvgIpc) is 3.09. The van der Waals surface area contributed by atoms with Gasteiger partial charge in [-0.05, 0) is 37.6 Å². The Morgan fingerprint density at radius 2 is 2.00 bits per heavy atom. The van der Waals surface area contributed by atoms with Crippen molar-refractivity contribution in [1.29, 1.82) is 0 Å². The number of nitrogens with zero attached hydrogens (tertiary/aromatic N) is 4. The minimum atomic E-state index is -0.581. The van der Waals surface area contributed by atoms with Crippen LogP contribution in [0, 0.1) is 0 Å². The SMILES string of the molecule is CCN(CC)c1cccc(COc2ccc3nc(NC(=O)OC)cn3n2)c1.Cl. The van der Waals surface area contributed by atoms with Gasteiger partial charge in [-0.15, -0.1) is 17.5 Å². The third kappa shape index (κ3) is 5.04. The number of imidazole rings is 1. The Morgan fingerprint density at radius 1 is 1.21 bits per heavy atom. The molecule has 0 bridgehead atoms. The summed E-state index contributed by atoms with van der Waals surface area (Å²) in [6, 6.07) is 11.8. The van der Waals surface area contributed by atoms with E-state index in [-0.39, 0.29) is 12.4 Å². The highest BCUT2D eigenvalue weighted by atomic mass is 35.5. The molecule has 0 aliphatic carbocycles. The molecule has 8 nitrogen and oxygen atoms in total. The first-order valence-corrected chi connectivity index (χ1v) is 8.81. The van der Waals surface area contributed by atoms with Crippen LogP contribution in [0.4, 0.5) is 16.3 Å². The minimum absolute atomic E-state index is 0. The van der Waals surface area contributed by atoms with Gasteiger partial charge in [0.25, 0.3) is 0 Å². The molecule has 1 N–H and O–H groups in total. The van der Waals surface area contributed by atoms with Crippen molar-refractivity contribution in [3.63, 3.8) is 0 Å². The maximum atomic E-state index is 11.3. The Labute approximate surface area is 169 Å². The molecule has 0 saturated heterocycles. The maximum absolute atomic E-state index is 11.3. The zero-order valence-corrected chi connectivity index (χ0v) is 16.9. The van der Waals surface area contributed by atoms with Crippen LogP contribution in [0.2, 0.25) is 0 Å². The minimum Gasteiger partial charge on any atom is -0.472 e. The summed E-state index contributed by atoms with van der Waals surface area (Å²) in [5.41, 5.74) is 2.84. The number of nitrogens with one attached hydrogen (secondary N) is 1. The summed E-state index contributed by atoms with van der Waals surface area (Å²) in [6.07, 6.45) is 1.02. The number of aromatic nitrogens is 3. The van der Waals surface area contributed by atoms with Crippen molar-refractivity contribution >= 4 is 35.7 Å². The molecule has 1 amide bonds. The molecule has 0 spiro atoms. The fraction of sp³-hybridized carbons (Fsp3) is 0.316. The summed E-state index contributed by atoms with van der Waals surface area (Å²) in [5.74, 6) is 0.830. The van der Waals surface area contributed by atoms with Crippen LogP contribution >= 0.6 is 12.4 Å². The highest BCUT2D eigenvalue weighted by Gasteiger charge is 2.08. The summed E-state index contributed by atoms with van der Waals surface area (Å²) < 4.78 is 11.9. The Morgan fingerprint density at radius 3 is 2.71 bits per heavy atom. The first kappa shape index (κ1) is 21.3. The van der Waals surface area contributed by atoms with Crippen LogP contribution in [0.1, 0.15) is 19.4 Å². The second kappa shape index (κ2) is 9.80. The number of rotatable bonds is 7. The number of hydrogen-bond acceptors (Lipinski definition) is 6. The lowest BCUT2D eigenvalue weighted by atomic mass is 10.2. The van der Waals surface area contributed by atoms with Crippen molar-refractivity contribution in [3.8, 4) is 5.88 Å². The van der Waals surface area contributed by atoms with Crippen LogP contribution in [0.3, 0.4) is 0 Å². The van der Waals surface area contributed by atoms with Crippen molar-refractivity contribution in [2.75, 3.05) is 30.4 Å². The quantitative estimate of drug-likeness (QED) is 0.644. The number of carbonyl (C=O) groups is 1. The third-order valence-electron chi connectivity index (χ3n) is 4.14. The number of halogens is 1.